The highest BCUT2D eigenvalue weighted by Crippen LogP contribution is 2.62. The molecular weight excluding hydrogens is 497 g/mol. The highest BCUT2D eigenvalue weighted by molar-refractivity contribution is 6.62. The van der Waals surface area contributed by atoms with Gasteiger partial charge in [0.05, 0.1) is 30.8 Å². The van der Waals surface area contributed by atoms with Gasteiger partial charge in [0.15, 0.2) is 0 Å². The summed E-state index contributed by atoms with van der Waals surface area (Å²) in [6, 6.07) is 4.57. The zero-order valence-corrected chi connectivity index (χ0v) is 27.4. The third kappa shape index (κ3) is 5.51. The van der Waals surface area contributed by atoms with E-state index in [9.17, 15) is 0 Å². The van der Waals surface area contributed by atoms with Crippen LogP contribution in [-0.4, -0.2) is 30.8 Å². The Labute approximate surface area is 236 Å². The summed E-state index contributed by atoms with van der Waals surface area (Å²) in [7, 11) is -0.950. The smallest absolute Gasteiger partial charge is 0.127 e. The maximum absolute atomic E-state index is 6.72. The molecule has 0 unspecified atom stereocenters. The number of hydrogen-bond donors (Lipinski definition) is 0. The van der Waals surface area contributed by atoms with Gasteiger partial charge in [-0.1, -0.05) is 77.4 Å². The molecule has 0 aliphatic heterocycles. The highest BCUT2D eigenvalue weighted by Gasteiger charge is 2.55. The summed E-state index contributed by atoms with van der Waals surface area (Å²) >= 11 is 0. The molecule has 0 N–H and O–H groups in total. The summed E-state index contributed by atoms with van der Waals surface area (Å²) in [6.07, 6.45) is 12.8. The predicted octanol–water partition coefficient (Wildman–Crippen LogP) is 9.20. The molecule has 1 aromatic carbocycles. The summed E-state index contributed by atoms with van der Waals surface area (Å²) in [5.41, 5.74) is 8.16. The van der Waals surface area contributed by atoms with Crippen molar-refractivity contribution in [3.63, 3.8) is 0 Å². The molecule has 0 aromatic heterocycles. The fraction of sp³-hybridized carbons (Fsp3) is 0.706. The molecule has 7 rings (SSSR count). The van der Waals surface area contributed by atoms with Crippen molar-refractivity contribution in [2.75, 3.05) is 13.2 Å². The Balaban J connectivity index is 1.38. The maximum atomic E-state index is 6.72. The van der Waals surface area contributed by atoms with Gasteiger partial charge in [0, 0.05) is 11.1 Å². The number of fused-ring (bicyclic) bond motifs is 4. The molecule has 6 aliphatic carbocycles. The van der Waals surface area contributed by atoms with Crippen LogP contribution in [0.25, 0.3) is 12.2 Å². The molecule has 4 bridgehead atoms. The van der Waals surface area contributed by atoms with Gasteiger partial charge in [-0.2, -0.15) is 0 Å². The summed E-state index contributed by atoms with van der Waals surface area (Å²) in [6.45, 7) is 21.0. The predicted molar refractivity (Wildman–Crippen MR) is 167 cm³/mol. The van der Waals surface area contributed by atoms with Crippen LogP contribution < -0.4 is 9.47 Å². The first kappa shape index (κ1) is 28.3. The minimum atomic E-state index is -0.475. The lowest BCUT2D eigenvalue weighted by Crippen LogP contribution is -2.53. The summed E-state index contributed by atoms with van der Waals surface area (Å²) in [5.74, 6) is 6.95. The molecule has 6 atom stereocenters. The number of rotatable bonds is 10. The molecule has 4 heteroatoms. The lowest BCUT2D eigenvalue weighted by molar-refractivity contribution is -0.114. The van der Waals surface area contributed by atoms with E-state index in [1.165, 1.54) is 49.7 Å². The van der Waals surface area contributed by atoms with Gasteiger partial charge >= 0.3 is 0 Å². The average molecular weight is 549 g/mol. The Morgan fingerprint density at radius 3 is 1.39 bits per heavy atom. The van der Waals surface area contributed by atoms with E-state index < -0.39 is 17.6 Å². The zero-order valence-electron chi connectivity index (χ0n) is 25.4. The Bertz CT molecular complexity index is 965. The van der Waals surface area contributed by atoms with Gasteiger partial charge in [-0.15, -0.1) is 0 Å². The normalized spacial score (nSPS) is 33.0. The first-order valence-electron chi connectivity index (χ1n) is 15.4. The first-order valence-corrected chi connectivity index (χ1v) is 20.5. The van der Waals surface area contributed by atoms with Gasteiger partial charge in [0.2, 0.25) is 0 Å². The van der Waals surface area contributed by atoms with Gasteiger partial charge < -0.3 is 9.47 Å². The van der Waals surface area contributed by atoms with Crippen molar-refractivity contribution < 1.29 is 9.47 Å². The molecule has 38 heavy (non-hydrogen) atoms. The standard InChI is InChI=1S/C34H52O2Si2/c1-33(2)27-11-9-25(29(33)19-27)21-35-31-17-24(14-16-38(7)8)32(18-23(31)13-15-37(5)6)36-22-26-10-12-28-20-30(26)34(28,3)4/h13-18,25-30H,9-12,19-22H2,1-8H3/b15-13+,16-14+/t25-,26-,27+,28+,29+,30+/m1/s1. The van der Waals surface area contributed by atoms with Gasteiger partial charge in [-0.25, -0.2) is 0 Å². The Kier molecular flexibility index (Phi) is 8.15. The van der Waals surface area contributed by atoms with E-state index in [0.717, 1.165) is 48.4 Å². The summed E-state index contributed by atoms with van der Waals surface area (Å²) in [4.78, 5) is 0. The van der Waals surface area contributed by atoms with Crippen molar-refractivity contribution in [3.8, 4) is 11.5 Å². The van der Waals surface area contributed by atoms with Crippen LogP contribution in [0.3, 0.4) is 0 Å². The van der Waals surface area contributed by atoms with Crippen LogP contribution in [0.5, 0.6) is 11.5 Å². The van der Waals surface area contributed by atoms with Gasteiger partial charge in [0.1, 0.15) is 11.5 Å². The maximum Gasteiger partial charge on any atom is 0.127 e. The van der Waals surface area contributed by atoms with Crippen molar-refractivity contribution in [2.45, 2.75) is 92.4 Å². The van der Waals surface area contributed by atoms with E-state index >= 15 is 0 Å². The Hall–Kier alpha value is -1.27. The van der Waals surface area contributed by atoms with Crippen molar-refractivity contribution in [3.05, 3.63) is 34.7 Å². The quantitative estimate of drug-likeness (QED) is 0.271. The number of ether oxygens (including phenoxy) is 2. The molecule has 6 aliphatic rings. The minimum Gasteiger partial charge on any atom is -0.493 e. The second-order valence-corrected chi connectivity index (χ2v) is 19.7. The number of hydrogen-bond acceptors (Lipinski definition) is 2. The molecule has 6 fully saturated rings. The van der Waals surface area contributed by atoms with E-state index in [-0.39, 0.29) is 0 Å². The summed E-state index contributed by atoms with van der Waals surface area (Å²) < 4.78 is 13.4. The first-order chi connectivity index (χ1) is 18.0. The molecular formula is C34H52O2Si2. The highest BCUT2D eigenvalue weighted by atomic mass is 28.3. The lowest BCUT2D eigenvalue weighted by Gasteiger charge is -2.60. The minimum absolute atomic E-state index is 0.475. The third-order valence-corrected chi connectivity index (χ3v) is 12.9. The van der Waals surface area contributed by atoms with Gasteiger partial charge in [0.25, 0.3) is 0 Å². The average Bonchev–Trinajstić information content (AvgIpc) is 2.88. The monoisotopic (exact) mass is 548 g/mol. The fourth-order valence-electron chi connectivity index (χ4n) is 8.33. The van der Waals surface area contributed by atoms with Crippen molar-refractivity contribution >= 4 is 29.7 Å². The van der Waals surface area contributed by atoms with Crippen LogP contribution >= 0.6 is 0 Å². The molecule has 0 heterocycles. The topological polar surface area (TPSA) is 18.5 Å². The Morgan fingerprint density at radius 2 is 1.08 bits per heavy atom. The molecule has 208 valence electrons. The SMILES string of the molecule is C[Si](C)/C=C/c1cc(OC[C@H]2CC[C@H]3C[C@@H]2C3(C)C)c(/C=C/[Si](C)C)cc1OC[C@H]1CC[C@H]2C[C@@H]1C2(C)C. The molecule has 6 saturated carbocycles. The van der Waals surface area contributed by atoms with E-state index in [1.807, 2.05) is 0 Å². The second-order valence-electron chi connectivity index (χ2n) is 14.8. The second kappa shape index (κ2) is 11.0. The molecule has 2 radical (unpaired) electrons. The molecule has 0 amide bonds. The van der Waals surface area contributed by atoms with Crippen molar-refractivity contribution in [1.82, 2.24) is 0 Å². The Morgan fingerprint density at radius 1 is 0.684 bits per heavy atom. The molecule has 0 saturated heterocycles. The number of benzene rings is 1. The van der Waals surface area contributed by atoms with Crippen LogP contribution in [0.4, 0.5) is 0 Å². The van der Waals surface area contributed by atoms with E-state index in [0.29, 0.717) is 22.7 Å². The van der Waals surface area contributed by atoms with E-state index in [1.54, 1.807) is 0 Å². The molecule has 0 spiro atoms. The van der Waals surface area contributed by atoms with Crippen LogP contribution in [0.1, 0.15) is 77.3 Å². The largest absolute Gasteiger partial charge is 0.493 e. The van der Waals surface area contributed by atoms with Gasteiger partial charge in [-0.05, 0) is 97.0 Å². The van der Waals surface area contributed by atoms with Crippen LogP contribution in [-0.2, 0) is 0 Å². The fourth-order valence-corrected chi connectivity index (χ4v) is 9.36. The zero-order chi connectivity index (χ0) is 27.2. The van der Waals surface area contributed by atoms with Gasteiger partial charge in [-0.3, -0.25) is 0 Å². The summed E-state index contributed by atoms with van der Waals surface area (Å²) in [5, 5.41) is 0. The van der Waals surface area contributed by atoms with Crippen LogP contribution in [0, 0.1) is 46.3 Å². The van der Waals surface area contributed by atoms with Crippen molar-refractivity contribution in [1.29, 1.82) is 0 Å². The molecule has 1 aromatic rings. The lowest BCUT2D eigenvalue weighted by atomic mass is 9.46. The molecule has 2 nitrogen and oxygen atoms in total. The van der Waals surface area contributed by atoms with E-state index in [2.05, 4.69) is 89.6 Å². The van der Waals surface area contributed by atoms with Crippen LogP contribution in [0.15, 0.2) is 23.5 Å². The van der Waals surface area contributed by atoms with Crippen molar-refractivity contribution in [2.24, 2.45) is 46.3 Å². The van der Waals surface area contributed by atoms with E-state index in [4.69, 9.17) is 9.47 Å². The van der Waals surface area contributed by atoms with Crippen LogP contribution in [0.2, 0.25) is 26.2 Å². The third-order valence-electron chi connectivity index (χ3n) is 11.2.